The van der Waals surface area contributed by atoms with Crippen molar-refractivity contribution in [3.8, 4) is 0 Å². The minimum absolute atomic E-state index is 0.0269. The first-order valence-corrected chi connectivity index (χ1v) is 3.41. The second kappa shape index (κ2) is 3.13. The normalized spacial score (nSPS) is 9.42. The van der Waals surface area contributed by atoms with E-state index in [1.807, 2.05) is 0 Å². The van der Waals surface area contributed by atoms with Gasteiger partial charge in [0.05, 0.1) is 4.92 Å². The highest BCUT2D eigenvalue weighted by Crippen LogP contribution is 2.12. The van der Waals surface area contributed by atoms with Gasteiger partial charge in [-0.2, -0.15) is 0 Å². The molecule has 1 N–H and O–H groups in total. The number of non-ortho nitro benzene ring substituents is 1. The van der Waals surface area contributed by atoms with Crippen molar-refractivity contribution >= 4 is 11.4 Å². The van der Waals surface area contributed by atoms with Crippen LogP contribution in [0.4, 0.5) is 5.69 Å². The Morgan fingerprint density at radius 2 is 2.25 bits per heavy atom. The molecule has 0 radical (unpaired) electrons. The zero-order chi connectivity index (χ0) is 9.14. The van der Waals surface area contributed by atoms with E-state index in [0.29, 0.717) is 11.3 Å². The zero-order valence-corrected chi connectivity index (χ0v) is 6.57. The van der Waals surface area contributed by atoms with Gasteiger partial charge in [-0.15, -0.1) is 0 Å². The lowest BCUT2D eigenvalue weighted by atomic mass is 10.1. The maximum Gasteiger partial charge on any atom is 0.270 e. The van der Waals surface area contributed by atoms with Gasteiger partial charge in [-0.1, -0.05) is 12.1 Å². The molecule has 1 aromatic carbocycles. The van der Waals surface area contributed by atoms with Crippen LogP contribution < -0.4 is 0 Å². The summed E-state index contributed by atoms with van der Waals surface area (Å²) in [6.07, 6.45) is 0. The second-order valence-electron chi connectivity index (χ2n) is 2.43. The molecule has 0 saturated heterocycles. The Hall–Kier alpha value is -1.71. The highest BCUT2D eigenvalue weighted by molar-refractivity contribution is 5.96. The molecule has 1 aromatic rings. The topological polar surface area (TPSA) is 67.0 Å². The molecule has 4 heteroatoms. The van der Waals surface area contributed by atoms with E-state index in [2.05, 4.69) is 0 Å². The largest absolute Gasteiger partial charge is 0.305 e. The quantitative estimate of drug-likeness (QED) is 0.412. The highest BCUT2D eigenvalue weighted by Gasteiger charge is 2.05. The third-order valence-corrected chi connectivity index (χ3v) is 1.49. The smallest absolute Gasteiger partial charge is 0.270 e. The fraction of sp³-hybridized carbons (Fsp3) is 0.125. The predicted molar refractivity (Wildman–Crippen MR) is 45.6 cm³/mol. The monoisotopic (exact) mass is 164 g/mol. The van der Waals surface area contributed by atoms with Gasteiger partial charge in [-0.3, -0.25) is 10.1 Å². The molecule has 1 rings (SSSR count). The molecule has 4 nitrogen and oxygen atoms in total. The highest BCUT2D eigenvalue weighted by atomic mass is 16.6. The fourth-order valence-electron chi connectivity index (χ4n) is 0.853. The van der Waals surface area contributed by atoms with Crippen molar-refractivity contribution in [2.75, 3.05) is 0 Å². The van der Waals surface area contributed by atoms with E-state index < -0.39 is 4.92 Å². The van der Waals surface area contributed by atoms with Crippen LogP contribution in [0.25, 0.3) is 0 Å². The van der Waals surface area contributed by atoms with Crippen LogP contribution in [-0.2, 0) is 0 Å². The van der Waals surface area contributed by atoms with Crippen LogP contribution in [0.15, 0.2) is 24.3 Å². The molecule has 0 fully saturated rings. The maximum absolute atomic E-state index is 10.3. The third kappa shape index (κ3) is 1.66. The zero-order valence-electron chi connectivity index (χ0n) is 6.57. The summed E-state index contributed by atoms with van der Waals surface area (Å²) in [5.41, 5.74) is 0.946. The molecule has 0 aliphatic carbocycles. The Bertz CT molecular complexity index is 304. The van der Waals surface area contributed by atoms with Crippen LogP contribution in [0.1, 0.15) is 12.5 Å². The molecule has 0 saturated carbocycles. The Morgan fingerprint density at radius 3 is 2.75 bits per heavy atom. The number of rotatable bonds is 2. The lowest BCUT2D eigenvalue weighted by Gasteiger charge is -1.96. The van der Waals surface area contributed by atoms with Crippen molar-refractivity contribution in [1.29, 1.82) is 5.41 Å². The molecule has 0 spiro atoms. The summed E-state index contributed by atoms with van der Waals surface area (Å²) in [5, 5.41) is 17.6. The van der Waals surface area contributed by atoms with E-state index in [4.69, 9.17) is 5.41 Å². The van der Waals surface area contributed by atoms with E-state index in [0.717, 1.165) is 0 Å². The number of hydrogen-bond acceptors (Lipinski definition) is 3. The number of hydrogen-bond donors (Lipinski definition) is 1. The summed E-state index contributed by atoms with van der Waals surface area (Å²) in [6.45, 7) is 1.60. The Balaban J connectivity index is 3.12. The standard InChI is InChI=1S/C8H8N2O2/c1-6(9)7-3-2-4-8(5-7)10(11)12/h2-5,9H,1H3. The molecule has 0 atom stereocenters. The Kier molecular flexibility index (Phi) is 2.19. The van der Waals surface area contributed by atoms with Gasteiger partial charge in [0, 0.05) is 23.4 Å². The van der Waals surface area contributed by atoms with Crippen molar-refractivity contribution < 1.29 is 4.92 Å². The van der Waals surface area contributed by atoms with Crippen molar-refractivity contribution in [3.63, 3.8) is 0 Å². The van der Waals surface area contributed by atoms with Gasteiger partial charge in [0.1, 0.15) is 0 Å². The SMILES string of the molecule is CC(=N)c1cccc([N+](=O)[O-])c1. The number of nitrogens with one attached hydrogen (secondary N) is 1. The summed E-state index contributed by atoms with van der Waals surface area (Å²) in [5.74, 6) is 0. The molecule has 0 bridgehead atoms. The molecular formula is C8H8N2O2. The van der Waals surface area contributed by atoms with Crippen LogP contribution >= 0.6 is 0 Å². The molecule has 0 amide bonds. The van der Waals surface area contributed by atoms with E-state index in [1.54, 1.807) is 19.1 Å². The van der Waals surface area contributed by atoms with Crippen LogP contribution in [-0.4, -0.2) is 10.6 Å². The van der Waals surface area contributed by atoms with Gasteiger partial charge in [-0.05, 0) is 6.92 Å². The lowest BCUT2D eigenvalue weighted by molar-refractivity contribution is -0.384. The Labute approximate surface area is 69.5 Å². The van der Waals surface area contributed by atoms with Gasteiger partial charge in [0.25, 0.3) is 5.69 Å². The van der Waals surface area contributed by atoms with Gasteiger partial charge >= 0.3 is 0 Å². The van der Waals surface area contributed by atoms with Crippen molar-refractivity contribution in [2.45, 2.75) is 6.92 Å². The first-order valence-electron chi connectivity index (χ1n) is 3.41. The molecule has 0 aromatic heterocycles. The number of nitro benzene ring substituents is 1. The van der Waals surface area contributed by atoms with E-state index in [-0.39, 0.29) is 5.69 Å². The number of nitrogens with zero attached hydrogens (tertiary/aromatic N) is 1. The average molecular weight is 164 g/mol. The summed E-state index contributed by atoms with van der Waals surface area (Å²) in [6, 6.07) is 6.05. The summed E-state index contributed by atoms with van der Waals surface area (Å²) >= 11 is 0. The third-order valence-electron chi connectivity index (χ3n) is 1.49. The van der Waals surface area contributed by atoms with Crippen molar-refractivity contribution in [1.82, 2.24) is 0 Å². The van der Waals surface area contributed by atoms with Crippen molar-refractivity contribution in [2.24, 2.45) is 0 Å². The summed E-state index contributed by atoms with van der Waals surface area (Å²) in [4.78, 5) is 9.84. The number of benzene rings is 1. The molecule has 12 heavy (non-hydrogen) atoms. The average Bonchev–Trinajstić information content (AvgIpc) is 2.04. The molecule has 0 unspecified atom stereocenters. The predicted octanol–water partition coefficient (Wildman–Crippen LogP) is 1.98. The molecular weight excluding hydrogens is 156 g/mol. The van der Waals surface area contributed by atoms with Gasteiger partial charge in [-0.25, -0.2) is 0 Å². The lowest BCUT2D eigenvalue weighted by Crippen LogP contribution is -1.94. The first-order chi connectivity index (χ1) is 5.61. The number of nitro groups is 1. The molecule has 62 valence electrons. The van der Waals surface area contributed by atoms with Gasteiger partial charge < -0.3 is 5.41 Å². The molecule has 0 aliphatic rings. The second-order valence-corrected chi connectivity index (χ2v) is 2.43. The molecule has 0 heterocycles. The van der Waals surface area contributed by atoms with Crippen LogP contribution in [0.3, 0.4) is 0 Å². The first kappa shape index (κ1) is 8.39. The minimum Gasteiger partial charge on any atom is -0.305 e. The van der Waals surface area contributed by atoms with Crippen LogP contribution in [0.5, 0.6) is 0 Å². The minimum atomic E-state index is -0.466. The van der Waals surface area contributed by atoms with Crippen molar-refractivity contribution in [3.05, 3.63) is 39.9 Å². The Morgan fingerprint density at radius 1 is 1.58 bits per heavy atom. The van der Waals surface area contributed by atoms with E-state index in [1.165, 1.54) is 12.1 Å². The fourth-order valence-corrected chi connectivity index (χ4v) is 0.853. The van der Waals surface area contributed by atoms with Crippen LogP contribution in [0, 0.1) is 15.5 Å². The van der Waals surface area contributed by atoms with E-state index in [9.17, 15) is 10.1 Å². The summed E-state index contributed by atoms with van der Waals surface area (Å²) < 4.78 is 0. The van der Waals surface area contributed by atoms with Gasteiger partial charge in [0.2, 0.25) is 0 Å². The van der Waals surface area contributed by atoms with Gasteiger partial charge in [0.15, 0.2) is 0 Å². The summed E-state index contributed by atoms with van der Waals surface area (Å²) in [7, 11) is 0. The van der Waals surface area contributed by atoms with Crippen LogP contribution in [0.2, 0.25) is 0 Å². The molecule has 0 aliphatic heterocycles. The maximum atomic E-state index is 10.3. The van der Waals surface area contributed by atoms with E-state index >= 15 is 0 Å².